The Morgan fingerprint density at radius 1 is 1.20 bits per heavy atom. The maximum absolute atomic E-state index is 12.3. The smallest absolute Gasteiger partial charge is 0.258 e. The minimum atomic E-state index is -0.265. The van der Waals surface area contributed by atoms with Gasteiger partial charge in [-0.3, -0.25) is 9.59 Å². The molecule has 2 aliphatic heterocycles. The van der Waals surface area contributed by atoms with E-state index in [0.29, 0.717) is 30.5 Å². The summed E-state index contributed by atoms with van der Waals surface area (Å²) in [5.74, 6) is 0.545. The molecule has 0 bridgehead atoms. The summed E-state index contributed by atoms with van der Waals surface area (Å²) < 4.78 is 10.9. The van der Waals surface area contributed by atoms with Crippen LogP contribution in [0.3, 0.4) is 0 Å². The summed E-state index contributed by atoms with van der Waals surface area (Å²) in [5, 5.41) is 3.60. The summed E-state index contributed by atoms with van der Waals surface area (Å²) in [6.07, 6.45) is 3.02. The van der Waals surface area contributed by atoms with Gasteiger partial charge in [0.1, 0.15) is 11.9 Å². The third kappa shape index (κ3) is 5.09. The van der Waals surface area contributed by atoms with Gasteiger partial charge in [-0.05, 0) is 49.9 Å². The normalized spacial score (nSPS) is 21.2. The number of hydrogen-bond acceptors (Lipinski definition) is 4. The second-order valence-corrected chi connectivity index (χ2v) is 6.85. The van der Waals surface area contributed by atoms with Crippen LogP contribution in [0.1, 0.15) is 25.7 Å². The van der Waals surface area contributed by atoms with E-state index in [-0.39, 0.29) is 30.6 Å². The summed E-state index contributed by atoms with van der Waals surface area (Å²) in [6, 6.07) is 6.97. The van der Waals surface area contributed by atoms with Crippen LogP contribution < -0.4 is 10.1 Å². The summed E-state index contributed by atoms with van der Waals surface area (Å²) in [6.45, 7) is 1.95. The topological polar surface area (TPSA) is 67.9 Å². The van der Waals surface area contributed by atoms with Gasteiger partial charge in [-0.1, -0.05) is 11.6 Å². The first-order valence-electron chi connectivity index (χ1n) is 8.70. The van der Waals surface area contributed by atoms with Gasteiger partial charge in [-0.2, -0.15) is 0 Å². The molecule has 136 valence electrons. The first-order valence-corrected chi connectivity index (χ1v) is 9.08. The van der Waals surface area contributed by atoms with E-state index < -0.39 is 0 Å². The Labute approximate surface area is 152 Å². The second kappa shape index (κ2) is 8.54. The molecule has 7 heteroatoms. The standard InChI is InChI=1S/C18H23ClN2O4/c19-13-3-5-15(6-4-13)25-12-17(22)20-14-7-9-21(10-8-14)18(23)16-2-1-11-24-16/h3-6,14,16H,1-2,7-12H2,(H,20,22). The van der Waals surface area contributed by atoms with Crippen LogP contribution in [-0.4, -0.2) is 55.2 Å². The summed E-state index contributed by atoms with van der Waals surface area (Å²) in [7, 11) is 0. The van der Waals surface area contributed by atoms with E-state index in [2.05, 4.69) is 5.32 Å². The third-order valence-corrected chi connectivity index (χ3v) is 4.81. The van der Waals surface area contributed by atoms with Gasteiger partial charge in [0.2, 0.25) is 0 Å². The van der Waals surface area contributed by atoms with E-state index in [0.717, 1.165) is 25.7 Å². The van der Waals surface area contributed by atoms with Crippen molar-refractivity contribution in [2.24, 2.45) is 0 Å². The zero-order valence-electron chi connectivity index (χ0n) is 14.1. The molecule has 0 saturated carbocycles. The lowest BCUT2D eigenvalue weighted by Crippen LogP contribution is -2.49. The number of piperidine rings is 1. The molecular formula is C18H23ClN2O4. The van der Waals surface area contributed by atoms with Gasteiger partial charge < -0.3 is 19.7 Å². The maximum Gasteiger partial charge on any atom is 0.258 e. The second-order valence-electron chi connectivity index (χ2n) is 6.41. The highest BCUT2D eigenvalue weighted by Gasteiger charge is 2.31. The molecule has 2 saturated heterocycles. The van der Waals surface area contributed by atoms with E-state index in [1.807, 2.05) is 4.90 Å². The van der Waals surface area contributed by atoms with Gasteiger partial charge >= 0.3 is 0 Å². The number of hydrogen-bond donors (Lipinski definition) is 1. The van der Waals surface area contributed by atoms with Crippen LogP contribution in [0.2, 0.25) is 5.02 Å². The molecule has 1 unspecified atom stereocenters. The summed E-state index contributed by atoms with van der Waals surface area (Å²) in [5.41, 5.74) is 0. The predicted octanol–water partition coefficient (Wildman–Crippen LogP) is 2.00. The van der Waals surface area contributed by atoms with Crippen LogP contribution in [0.15, 0.2) is 24.3 Å². The number of nitrogens with one attached hydrogen (secondary N) is 1. The van der Waals surface area contributed by atoms with E-state index in [1.54, 1.807) is 24.3 Å². The molecule has 25 heavy (non-hydrogen) atoms. The predicted molar refractivity (Wildman–Crippen MR) is 93.7 cm³/mol. The fourth-order valence-electron chi connectivity index (χ4n) is 3.17. The minimum absolute atomic E-state index is 0.0311. The molecule has 1 atom stereocenters. The molecule has 2 amide bonds. The number of likely N-dealkylation sites (tertiary alicyclic amines) is 1. The number of carbonyl (C=O) groups is 2. The molecule has 1 N–H and O–H groups in total. The summed E-state index contributed by atoms with van der Waals surface area (Å²) >= 11 is 5.81. The highest BCUT2D eigenvalue weighted by Crippen LogP contribution is 2.18. The van der Waals surface area contributed by atoms with Crippen molar-refractivity contribution in [2.75, 3.05) is 26.3 Å². The average Bonchev–Trinajstić information content (AvgIpc) is 3.16. The largest absolute Gasteiger partial charge is 0.484 e. The van der Waals surface area contributed by atoms with Crippen molar-refractivity contribution in [1.29, 1.82) is 0 Å². The Kier molecular flexibility index (Phi) is 6.15. The minimum Gasteiger partial charge on any atom is -0.484 e. The lowest BCUT2D eigenvalue weighted by Gasteiger charge is -2.33. The molecule has 1 aromatic carbocycles. The van der Waals surface area contributed by atoms with Crippen molar-refractivity contribution >= 4 is 23.4 Å². The van der Waals surface area contributed by atoms with Gasteiger partial charge in [0.15, 0.2) is 6.61 Å². The van der Waals surface area contributed by atoms with E-state index in [4.69, 9.17) is 21.1 Å². The van der Waals surface area contributed by atoms with Crippen molar-refractivity contribution < 1.29 is 19.1 Å². The van der Waals surface area contributed by atoms with Gasteiger partial charge in [0, 0.05) is 30.8 Å². The Hall–Kier alpha value is -1.79. The zero-order valence-corrected chi connectivity index (χ0v) is 14.8. The molecule has 0 spiro atoms. The van der Waals surface area contributed by atoms with Crippen LogP contribution in [0.4, 0.5) is 0 Å². The molecule has 0 aromatic heterocycles. The van der Waals surface area contributed by atoms with E-state index >= 15 is 0 Å². The quantitative estimate of drug-likeness (QED) is 0.865. The maximum atomic E-state index is 12.3. The van der Waals surface area contributed by atoms with Crippen molar-refractivity contribution in [3.8, 4) is 5.75 Å². The highest BCUT2D eigenvalue weighted by molar-refractivity contribution is 6.30. The Morgan fingerprint density at radius 3 is 2.56 bits per heavy atom. The highest BCUT2D eigenvalue weighted by atomic mass is 35.5. The molecule has 0 aliphatic carbocycles. The molecule has 1 aromatic rings. The number of halogens is 1. The van der Waals surface area contributed by atoms with Crippen LogP contribution in [0.5, 0.6) is 5.75 Å². The fourth-order valence-corrected chi connectivity index (χ4v) is 3.30. The lowest BCUT2D eigenvalue weighted by atomic mass is 10.0. The average molecular weight is 367 g/mol. The van der Waals surface area contributed by atoms with Gasteiger partial charge in [0.05, 0.1) is 0 Å². The number of amides is 2. The number of carbonyl (C=O) groups excluding carboxylic acids is 2. The molecule has 3 rings (SSSR count). The van der Waals surface area contributed by atoms with Crippen molar-refractivity contribution in [3.63, 3.8) is 0 Å². The Morgan fingerprint density at radius 2 is 1.92 bits per heavy atom. The first kappa shape index (κ1) is 18.0. The number of ether oxygens (including phenoxy) is 2. The monoisotopic (exact) mass is 366 g/mol. The molecule has 2 heterocycles. The van der Waals surface area contributed by atoms with Crippen LogP contribution in [-0.2, 0) is 14.3 Å². The SMILES string of the molecule is O=C(COc1ccc(Cl)cc1)NC1CCN(C(=O)C2CCCO2)CC1. The third-order valence-electron chi connectivity index (χ3n) is 4.56. The van der Waals surface area contributed by atoms with Crippen molar-refractivity contribution in [2.45, 2.75) is 37.8 Å². The molecule has 2 aliphatic rings. The van der Waals surface area contributed by atoms with Crippen molar-refractivity contribution in [1.82, 2.24) is 10.2 Å². The lowest BCUT2D eigenvalue weighted by molar-refractivity contribution is -0.142. The van der Waals surface area contributed by atoms with E-state index in [1.165, 1.54) is 0 Å². The van der Waals surface area contributed by atoms with Gasteiger partial charge in [-0.15, -0.1) is 0 Å². The Bertz CT molecular complexity index is 594. The van der Waals surface area contributed by atoms with Crippen molar-refractivity contribution in [3.05, 3.63) is 29.3 Å². The van der Waals surface area contributed by atoms with Gasteiger partial charge in [-0.25, -0.2) is 0 Å². The fraction of sp³-hybridized carbons (Fsp3) is 0.556. The Balaban J connectivity index is 1.37. The number of nitrogens with zero attached hydrogens (tertiary/aromatic N) is 1. The van der Waals surface area contributed by atoms with Crippen LogP contribution in [0.25, 0.3) is 0 Å². The molecule has 0 radical (unpaired) electrons. The first-order chi connectivity index (χ1) is 12.1. The zero-order chi connectivity index (χ0) is 17.6. The summed E-state index contributed by atoms with van der Waals surface area (Å²) in [4.78, 5) is 26.2. The number of benzene rings is 1. The molecule has 6 nitrogen and oxygen atoms in total. The van der Waals surface area contributed by atoms with Crippen LogP contribution in [0, 0.1) is 0 Å². The number of rotatable bonds is 5. The molecule has 2 fully saturated rings. The van der Waals surface area contributed by atoms with Crippen LogP contribution >= 0.6 is 11.6 Å². The molecular weight excluding hydrogens is 344 g/mol. The van der Waals surface area contributed by atoms with E-state index in [9.17, 15) is 9.59 Å². The van der Waals surface area contributed by atoms with Gasteiger partial charge in [0.25, 0.3) is 11.8 Å².